The molecule has 0 saturated carbocycles. The minimum atomic E-state index is -4.95. The summed E-state index contributed by atoms with van der Waals surface area (Å²) in [6.07, 6.45) is 44.5. The van der Waals surface area contributed by atoms with Crippen molar-refractivity contribution < 1.29 is 80.2 Å². The molecular weight excluding hydrogens is 1130 g/mol. The molecule has 3 N–H and O–H groups in total. The number of unbranched alkanes of at least 4 members (excludes halogenated alkanes) is 37. The smallest absolute Gasteiger partial charge is 0.462 e. The second-order valence-electron chi connectivity index (χ2n) is 24.1. The van der Waals surface area contributed by atoms with Crippen LogP contribution < -0.4 is 0 Å². The van der Waals surface area contributed by atoms with Crippen molar-refractivity contribution in [2.24, 2.45) is 5.92 Å². The Labute approximate surface area is 517 Å². The van der Waals surface area contributed by atoms with Gasteiger partial charge in [0.15, 0.2) is 12.2 Å². The minimum Gasteiger partial charge on any atom is -0.462 e. The van der Waals surface area contributed by atoms with Gasteiger partial charge in [-0.3, -0.25) is 37.3 Å². The predicted molar refractivity (Wildman–Crippen MR) is 340 cm³/mol. The summed E-state index contributed by atoms with van der Waals surface area (Å²) in [5, 5.41) is 10.5. The lowest BCUT2D eigenvalue weighted by molar-refractivity contribution is -0.161. The van der Waals surface area contributed by atoms with Gasteiger partial charge in [0, 0.05) is 25.7 Å². The maximum absolute atomic E-state index is 13.0. The Morgan fingerprint density at radius 1 is 0.329 bits per heavy atom. The zero-order valence-electron chi connectivity index (χ0n) is 54.7. The lowest BCUT2D eigenvalue weighted by Crippen LogP contribution is -2.30. The second-order valence-corrected chi connectivity index (χ2v) is 27.0. The van der Waals surface area contributed by atoms with E-state index < -0.39 is 97.5 Å². The zero-order valence-corrected chi connectivity index (χ0v) is 56.5. The molecule has 0 rings (SSSR count). The molecule has 0 aromatic carbocycles. The third-order valence-electron chi connectivity index (χ3n) is 15.6. The van der Waals surface area contributed by atoms with Gasteiger partial charge < -0.3 is 33.8 Å². The highest BCUT2D eigenvalue weighted by Gasteiger charge is 2.30. The van der Waals surface area contributed by atoms with Crippen molar-refractivity contribution in [3.8, 4) is 0 Å². The first-order valence-corrected chi connectivity index (χ1v) is 37.7. The standard InChI is InChI=1S/C66H128O17P2/c1-6-10-13-16-19-22-23-24-25-26-27-28-29-32-35-42-47-52-66(71)83-62(56-77-64(69)50-45-40-37-36-38-43-48-59(5)9-4)58-81-85(74,75)79-54-60(67)53-78-84(72,73)80-57-61(82-65(70)51-46-41-34-31-21-18-15-12-8-3)55-76-63(68)49-44-39-33-30-20-17-14-11-7-2/h59-62,67H,6-58H2,1-5H3,(H,72,73)(H,74,75)/t59?,60-,61+,62+/m0/s1. The SMILES string of the molecule is CCCCCCCCCCCCCCCCCCCC(=O)O[C@H](COC(=O)CCCCCCCCC(C)CC)COP(=O)(O)OC[C@@H](O)COP(=O)(O)OC[C@@H](COC(=O)CCCCCCCCCCC)OC(=O)CCCCCCCCCCC. The molecule has 0 bridgehead atoms. The molecule has 504 valence electrons. The van der Waals surface area contributed by atoms with E-state index in [4.69, 9.17) is 37.0 Å². The van der Waals surface area contributed by atoms with Crippen molar-refractivity contribution in [2.75, 3.05) is 39.6 Å². The van der Waals surface area contributed by atoms with Crippen LogP contribution >= 0.6 is 15.6 Å². The molecule has 0 aromatic heterocycles. The first kappa shape index (κ1) is 83.1. The molecule has 0 aliphatic heterocycles. The van der Waals surface area contributed by atoms with Crippen LogP contribution in [-0.4, -0.2) is 96.7 Å². The molecule has 3 unspecified atom stereocenters. The molecule has 0 aliphatic carbocycles. The summed E-state index contributed by atoms with van der Waals surface area (Å²) >= 11 is 0. The van der Waals surface area contributed by atoms with Gasteiger partial charge in [-0.1, -0.05) is 285 Å². The molecule has 0 radical (unpaired) electrons. The first-order chi connectivity index (χ1) is 41.1. The molecule has 0 heterocycles. The van der Waals surface area contributed by atoms with Crippen LogP contribution in [0.2, 0.25) is 0 Å². The molecule has 0 aromatic rings. The summed E-state index contributed by atoms with van der Waals surface area (Å²) < 4.78 is 68.0. The van der Waals surface area contributed by atoms with Crippen LogP contribution in [0.4, 0.5) is 0 Å². The second kappa shape index (κ2) is 59.7. The monoisotopic (exact) mass is 1250 g/mol. The molecule has 17 nitrogen and oxygen atoms in total. The quantitative estimate of drug-likeness (QED) is 0.0222. The zero-order chi connectivity index (χ0) is 62.8. The largest absolute Gasteiger partial charge is 0.472 e. The van der Waals surface area contributed by atoms with Crippen LogP contribution in [0.3, 0.4) is 0 Å². The number of hydrogen-bond acceptors (Lipinski definition) is 15. The van der Waals surface area contributed by atoms with Crippen LogP contribution in [0.5, 0.6) is 0 Å². The van der Waals surface area contributed by atoms with E-state index in [0.29, 0.717) is 25.7 Å². The molecule has 0 aliphatic rings. The van der Waals surface area contributed by atoms with E-state index in [2.05, 4.69) is 34.6 Å². The normalized spacial score (nSPS) is 14.5. The van der Waals surface area contributed by atoms with Gasteiger partial charge in [-0.15, -0.1) is 0 Å². The lowest BCUT2D eigenvalue weighted by atomic mass is 10.00. The first-order valence-electron chi connectivity index (χ1n) is 34.7. The van der Waals surface area contributed by atoms with Crippen molar-refractivity contribution in [3.63, 3.8) is 0 Å². The van der Waals surface area contributed by atoms with E-state index in [1.165, 1.54) is 154 Å². The van der Waals surface area contributed by atoms with E-state index in [9.17, 15) is 43.2 Å². The van der Waals surface area contributed by atoms with Crippen molar-refractivity contribution in [1.29, 1.82) is 0 Å². The minimum absolute atomic E-state index is 0.106. The van der Waals surface area contributed by atoms with Gasteiger partial charge in [0.1, 0.15) is 19.3 Å². The van der Waals surface area contributed by atoms with Gasteiger partial charge in [-0.25, -0.2) is 9.13 Å². The summed E-state index contributed by atoms with van der Waals surface area (Å²) in [6.45, 7) is 7.14. The average molecular weight is 1260 g/mol. The van der Waals surface area contributed by atoms with E-state index in [1.807, 2.05) is 0 Å². The number of esters is 4. The molecule has 0 fully saturated rings. The number of rotatable bonds is 66. The van der Waals surface area contributed by atoms with E-state index in [-0.39, 0.29) is 25.7 Å². The fourth-order valence-corrected chi connectivity index (χ4v) is 11.5. The van der Waals surface area contributed by atoms with Crippen LogP contribution in [0.15, 0.2) is 0 Å². The van der Waals surface area contributed by atoms with E-state index >= 15 is 0 Å². The van der Waals surface area contributed by atoms with Crippen molar-refractivity contribution in [2.45, 2.75) is 355 Å². The third-order valence-corrected chi connectivity index (χ3v) is 17.5. The summed E-state index contributed by atoms with van der Waals surface area (Å²) in [6, 6.07) is 0. The number of ether oxygens (including phenoxy) is 4. The van der Waals surface area contributed by atoms with E-state index in [0.717, 1.165) is 102 Å². The predicted octanol–water partition coefficient (Wildman–Crippen LogP) is 18.6. The fraction of sp³-hybridized carbons (Fsp3) is 0.939. The lowest BCUT2D eigenvalue weighted by Gasteiger charge is -2.21. The van der Waals surface area contributed by atoms with Crippen LogP contribution in [0.25, 0.3) is 0 Å². The maximum Gasteiger partial charge on any atom is 0.472 e. The number of aliphatic hydroxyl groups excluding tert-OH is 1. The van der Waals surface area contributed by atoms with Gasteiger partial charge >= 0.3 is 39.5 Å². The van der Waals surface area contributed by atoms with E-state index in [1.54, 1.807) is 0 Å². The highest BCUT2D eigenvalue weighted by atomic mass is 31.2. The third kappa shape index (κ3) is 59.5. The number of carbonyl (C=O) groups is 4. The topological polar surface area (TPSA) is 237 Å². The van der Waals surface area contributed by atoms with Crippen LogP contribution in [0.1, 0.15) is 336 Å². The molecule has 0 spiro atoms. The van der Waals surface area contributed by atoms with Gasteiger partial charge in [-0.2, -0.15) is 0 Å². The summed E-state index contributed by atoms with van der Waals surface area (Å²) in [5.74, 6) is -1.40. The van der Waals surface area contributed by atoms with Gasteiger partial charge in [0.25, 0.3) is 0 Å². The number of carbonyl (C=O) groups excluding carboxylic acids is 4. The Morgan fingerprint density at radius 3 is 0.835 bits per heavy atom. The molecule has 6 atom stereocenters. The number of hydrogen-bond donors (Lipinski definition) is 3. The van der Waals surface area contributed by atoms with Crippen LogP contribution in [0, 0.1) is 5.92 Å². The van der Waals surface area contributed by atoms with Crippen LogP contribution in [-0.2, 0) is 65.4 Å². The Kier molecular flexibility index (Phi) is 58.3. The molecule has 19 heteroatoms. The van der Waals surface area contributed by atoms with Crippen molar-refractivity contribution in [3.05, 3.63) is 0 Å². The van der Waals surface area contributed by atoms with Gasteiger partial charge in [0.05, 0.1) is 26.4 Å². The van der Waals surface area contributed by atoms with Crippen molar-refractivity contribution in [1.82, 2.24) is 0 Å². The molecular formula is C66H128O17P2. The Morgan fingerprint density at radius 2 is 0.565 bits per heavy atom. The highest BCUT2D eigenvalue weighted by Crippen LogP contribution is 2.45. The molecule has 0 amide bonds. The molecule has 85 heavy (non-hydrogen) atoms. The number of phosphoric acid groups is 2. The summed E-state index contributed by atoms with van der Waals surface area (Å²) in [7, 11) is -9.89. The van der Waals surface area contributed by atoms with Gasteiger partial charge in [-0.05, 0) is 31.6 Å². The maximum atomic E-state index is 13.0. The van der Waals surface area contributed by atoms with Gasteiger partial charge in [0.2, 0.25) is 0 Å². The molecule has 0 saturated heterocycles. The highest BCUT2D eigenvalue weighted by molar-refractivity contribution is 7.47. The Bertz CT molecular complexity index is 1650. The van der Waals surface area contributed by atoms with Crippen molar-refractivity contribution >= 4 is 39.5 Å². The Hall–Kier alpha value is -1.94. The fourth-order valence-electron chi connectivity index (χ4n) is 9.90. The summed E-state index contributed by atoms with van der Waals surface area (Å²) in [5.41, 5.74) is 0. The number of aliphatic hydroxyl groups is 1. The summed E-state index contributed by atoms with van der Waals surface area (Å²) in [4.78, 5) is 72.2. The average Bonchev–Trinajstić information content (AvgIpc) is 3.52. The number of phosphoric ester groups is 2. The Balaban J connectivity index is 5.19.